The lowest BCUT2D eigenvalue weighted by atomic mass is 10.0. The molecular formula is C13H19NO5. The van der Waals surface area contributed by atoms with Crippen LogP contribution in [-0.2, 0) is 9.53 Å². The van der Waals surface area contributed by atoms with Gasteiger partial charge in [0.05, 0.1) is 31.9 Å². The molecule has 19 heavy (non-hydrogen) atoms. The van der Waals surface area contributed by atoms with Gasteiger partial charge in [0.2, 0.25) is 0 Å². The Balaban J connectivity index is 2.73. The third-order valence-corrected chi connectivity index (χ3v) is 2.64. The van der Waals surface area contributed by atoms with E-state index in [1.165, 1.54) is 13.2 Å². The van der Waals surface area contributed by atoms with Gasteiger partial charge >= 0.3 is 5.97 Å². The average Bonchev–Trinajstić information content (AvgIpc) is 2.37. The van der Waals surface area contributed by atoms with Gasteiger partial charge in [-0.2, -0.15) is 0 Å². The molecule has 0 saturated carbocycles. The van der Waals surface area contributed by atoms with E-state index in [0.29, 0.717) is 17.0 Å². The van der Waals surface area contributed by atoms with Crippen LogP contribution in [0.2, 0.25) is 0 Å². The number of anilines is 1. The summed E-state index contributed by atoms with van der Waals surface area (Å²) < 4.78 is 9.70. The monoisotopic (exact) mass is 269 g/mol. The fraction of sp³-hybridized carbons (Fsp3) is 0.462. The van der Waals surface area contributed by atoms with E-state index in [0.717, 1.165) is 0 Å². The molecule has 0 heterocycles. The predicted molar refractivity (Wildman–Crippen MR) is 69.6 cm³/mol. The minimum absolute atomic E-state index is 0.233. The maximum Gasteiger partial charge on any atom is 0.308 e. The first kappa shape index (κ1) is 15.3. The molecule has 0 amide bonds. The minimum atomic E-state index is -1.24. The standard InChI is InChI=1S/C13H19NO5/c1-3-19-12(16)7-10(15)13(17)8-4-5-11(18-2)9(14)6-8/h4-6,10,13,15,17H,3,7,14H2,1-2H3. The van der Waals surface area contributed by atoms with E-state index >= 15 is 0 Å². The summed E-state index contributed by atoms with van der Waals surface area (Å²) in [5.41, 5.74) is 6.47. The highest BCUT2D eigenvalue weighted by molar-refractivity contribution is 5.70. The Bertz CT molecular complexity index is 435. The smallest absolute Gasteiger partial charge is 0.308 e. The Hall–Kier alpha value is -1.79. The Labute approximate surface area is 111 Å². The van der Waals surface area contributed by atoms with Crippen molar-refractivity contribution in [2.24, 2.45) is 0 Å². The highest BCUT2D eigenvalue weighted by Crippen LogP contribution is 2.27. The number of nitrogens with two attached hydrogens (primary N) is 1. The molecule has 1 rings (SSSR count). The zero-order chi connectivity index (χ0) is 14.4. The van der Waals surface area contributed by atoms with E-state index in [9.17, 15) is 15.0 Å². The van der Waals surface area contributed by atoms with Crippen LogP contribution in [0.5, 0.6) is 5.75 Å². The summed E-state index contributed by atoms with van der Waals surface area (Å²) in [5, 5.41) is 19.7. The number of esters is 1. The lowest BCUT2D eigenvalue weighted by Crippen LogP contribution is -2.23. The molecule has 106 valence electrons. The number of carbonyl (C=O) groups excluding carboxylic acids is 1. The summed E-state index contributed by atoms with van der Waals surface area (Å²) in [6.45, 7) is 1.90. The molecule has 2 atom stereocenters. The largest absolute Gasteiger partial charge is 0.495 e. The van der Waals surface area contributed by atoms with Gasteiger partial charge in [-0.05, 0) is 24.6 Å². The molecule has 0 radical (unpaired) electrons. The van der Waals surface area contributed by atoms with Crippen LogP contribution in [0.3, 0.4) is 0 Å². The summed E-state index contributed by atoms with van der Waals surface area (Å²) in [4.78, 5) is 11.2. The Morgan fingerprint density at radius 3 is 2.63 bits per heavy atom. The van der Waals surface area contributed by atoms with Gasteiger partial charge in [-0.25, -0.2) is 0 Å². The van der Waals surface area contributed by atoms with E-state index < -0.39 is 18.2 Å². The normalized spacial score (nSPS) is 13.7. The number of benzene rings is 1. The summed E-state index contributed by atoms with van der Waals surface area (Å²) in [6, 6.07) is 4.66. The third-order valence-electron chi connectivity index (χ3n) is 2.64. The van der Waals surface area contributed by atoms with Gasteiger partial charge in [0.1, 0.15) is 11.9 Å². The molecule has 0 aliphatic heterocycles. The number of hydrogen-bond acceptors (Lipinski definition) is 6. The molecule has 0 aliphatic rings. The van der Waals surface area contributed by atoms with E-state index in [1.54, 1.807) is 19.1 Å². The second kappa shape index (κ2) is 6.96. The highest BCUT2D eigenvalue weighted by Gasteiger charge is 2.22. The summed E-state index contributed by atoms with van der Waals surface area (Å²) in [6.07, 6.45) is -2.73. The Morgan fingerprint density at radius 1 is 1.42 bits per heavy atom. The molecule has 0 fully saturated rings. The molecule has 2 unspecified atom stereocenters. The fourth-order valence-corrected chi connectivity index (χ4v) is 1.66. The summed E-state index contributed by atoms with van der Waals surface area (Å²) in [5.74, 6) is -0.0774. The molecular weight excluding hydrogens is 250 g/mol. The van der Waals surface area contributed by atoms with Crippen LogP contribution < -0.4 is 10.5 Å². The number of nitrogen functional groups attached to an aromatic ring is 1. The molecule has 1 aromatic carbocycles. The van der Waals surface area contributed by atoms with E-state index in [1.807, 2.05) is 0 Å². The van der Waals surface area contributed by atoms with Gasteiger partial charge in [-0.3, -0.25) is 4.79 Å². The molecule has 0 saturated heterocycles. The van der Waals surface area contributed by atoms with Gasteiger partial charge in [0.25, 0.3) is 0 Å². The van der Waals surface area contributed by atoms with Crippen molar-refractivity contribution in [1.29, 1.82) is 0 Å². The van der Waals surface area contributed by atoms with Gasteiger partial charge in [0.15, 0.2) is 0 Å². The van der Waals surface area contributed by atoms with Gasteiger partial charge < -0.3 is 25.4 Å². The number of hydrogen-bond donors (Lipinski definition) is 3. The SMILES string of the molecule is CCOC(=O)CC(O)C(O)c1ccc(OC)c(N)c1. The maximum absolute atomic E-state index is 11.2. The molecule has 0 aliphatic carbocycles. The van der Waals surface area contributed by atoms with Gasteiger partial charge in [-0.15, -0.1) is 0 Å². The van der Waals surface area contributed by atoms with Crippen LogP contribution in [0, 0.1) is 0 Å². The minimum Gasteiger partial charge on any atom is -0.495 e. The number of carbonyl (C=O) groups is 1. The fourth-order valence-electron chi connectivity index (χ4n) is 1.66. The van der Waals surface area contributed by atoms with Crippen LogP contribution in [0.15, 0.2) is 18.2 Å². The quantitative estimate of drug-likeness (QED) is 0.517. The number of ether oxygens (including phenoxy) is 2. The van der Waals surface area contributed by atoms with Crippen molar-refractivity contribution in [3.8, 4) is 5.75 Å². The third kappa shape index (κ3) is 4.11. The van der Waals surface area contributed by atoms with Gasteiger partial charge in [-0.1, -0.05) is 6.07 Å². The van der Waals surface area contributed by atoms with E-state index in [-0.39, 0.29) is 13.0 Å². The van der Waals surface area contributed by atoms with Crippen LogP contribution in [-0.4, -0.2) is 36.0 Å². The van der Waals surface area contributed by atoms with E-state index in [2.05, 4.69) is 0 Å². The molecule has 6 nitrogen and oxygen atoms in total. The van der Waals surface area contributed by atoms with Crippen molar-refractivity contribution in [3.05, 3.63) is 23.8 Å². The van der Waals surface area contributed by atoms with Crippen LogP contribution in [0.1, 0.15) is 25.0 Å². The van der Waals surface area contributed by atoms with Gasteiger partial charge in [0, 0.05) is 0 Å². The second-order valence-electron chi connectivity index (χ2n) is 4.02. The molecule has 1 aromatic rings. The lowest BCUT2D eigenvalue weighted by Gasteiger charge is -2.18. The second-order valence-corrected chi connectivity index (χ2v) is 4.02. The molecule has 6 heteroatoms. The first-order valence-electron chi connectivity index (χ1n) is 5.94. The van der Waals surface area contributed by atoms with Crippen molar-refractivity contribution >= 4 is 11.7 Å². The first-order valence-corrected chi connectivity index (χ1v) is 5.94. The van der Waals surface area contributed by atoms with Crippen molar-refractivity contribution in [2.45, 2.75) is 25.6 Å². The van der Waals surface area contributed by atoms with Crippen molar-refractivity contribution in [2.75, 3.05) is 19.5 Å². The van der Waals surface area contributed by atoms with Crippen LogP contribution in [0.25, 0.3) is 0 Å². The molecule has 4 N–H and O–H groups in total. The summed E-state index contributed by atoms with van der Waals surface area (Å²) in [7, 11) is 1.48. The van der Waals surface area contributed by atoms with Crippen molar-refractivity contribution in [1.82, 2.24) is 0 Å². The van der Waals surface area contributed by atoms with Crippen LogP contribution in [0.4, 0.5) is 5.69 Å². The topological polar surface area (TPSA) is 102 Å². The first-order chi connectivity index (χ1) is 8.99. The molecule has 0 bridgehead atoms. The Kier molecular flexibility index (Phi) is 5.59. The average molecular weight is 269 g/mol. The van der Waals surface area contributed by atoms with E-state index in [4.69, 9.17) is 15.2 Å². The number of aliphatic hydroxyl groups excluding tert-OH is 2. The lowest BCUT2D eigenvalue weighted by molar-refractivity contribution is -0.147. The number of aliphatic hydroxyl groups is 2. The highest BCUT2D eigenvalue weighted by atomic mass is 16.5. The van der Waals surface area contributed by atoms with Crippen molar-refractivity contribution in [3.63, 3.8) is 0 Å². The zero-order valence-corrected chi connectivity index (χ0v) is 11.0. The maximum atomic E-state index is 11.2. The Morgan fingerprint density at radius 2 is 2.11 bits per heavy atom. The molecule has 0 aromatic heterocycles. The number of rotatable bonds is 6. The predicted octanol–water partition coefficient (Wildman–Crippen LogP) is 0.625. The molecule has 0 spiro atoms. The summed E-state index contributed by atoms with van der Waals surface area (Å²) >= 11 is 0. The zero-order valence-electron chi connectivity index (χ0n) is 11.0. The van der Waals surface area contributed by atoms with Crippen molar-refractivity contribution < 1.29 is 24.5 Å². The number of methoxy groups -OCH3 is 1. The van der Waals surface area contributed by atoms with Crippen LogP contribution >= 0.6 is 0 Å².